The van der Waals surface area contributed by atoms with Crippen LogP contribution < -0.4 is 10.1 Å². The van der Waals surface area contributed by atoms with Crippen LogP contribution in [-0.4, -0.2) is 18.1 Å². The normalized spacial score (nSPS) is 26.1. The maximum atomic E-state index is 6.18. The largest absolute Gasteiger partial charge is 0.490 e. The minimum absolute atomic E-state index is 0.337. The lowest BCUT2D eigenvalue weighted by Crippen LogP contribution is -2.34. The first-order valence-electron chi connectivity index (χ1n) is 7.25. The Hall–Kier alpha value is -1.09. The fourth-order valence-electron chi connectivity index (χ4n) is 3.35. The summed E-state index contributed by atoms with van der Waals surface area (Å²) in [5.74, 6) is 1.70. The first-order chi connectivity index (χ1) is 8.98. The number of ether oxygens (including phenoxy) is 1. The highest BCUT2D eigenvalue weighted by Gasteiger charge is 2.33. The zero-order chi connectivity index (χ0) is 13.9. The van der Waals surface area contributed by atoms with Gasteiger partial charge >= 0.3 is 0 Å². The molecule has 0 aromatic carbocycles. The molecule has 1 aromatic rings. The van der Waals surface area contributed by atoms with Gasteiger partial charge in [-0.1, -0.05) is 20.8 Å². The van der Waals surface area contributed by atoms with Crippen LogP contribution in [0.4, 0.5) is 0 Å². The number of hydrogen-bond donors (Lipinski definition) is 1. The van der Waals surface area contributed by atoms with E-state index in [1.807, 2.05) is 25.4 Å². The monoisotopic (exact) mass is 262 g/mol. The van der Waals surface area contributed by atoms with Crippen molar-refractivity contribution in [3.63, 3.8) is 0 Å². The summed E-state index contributed by atoms with van der Waals surface area (Å²) in [6.45, 7) is 7.80. The lowest BCUT2D eigenvalue weighted by molar-refractivity contribution is 0.0561. The fraction of sp³-hybridized carbons (Fsp3) is 0.688. The van der Waals surface area contributed by atoms with Crippen LogP contribution in [0.15, 0.2) is 18.3 Å². The third-order valence-electron chi connectivity index (χ3n) is 3.80. The van der Waals surface area contributed by atoms with E-state index >= 15 is 0 Å². The van der Waals surface area contributed by atoms with Gasteiger partial charge in [0.25, 0.3) is 0 Å². The number of rotatable bonds is 4. The summed E-state index contributed by atoms with van der Waals surface area (Å²) in [5, 5.41) is 3.12. The molecule has 1 fully saturated rings. The summed E-state index contributed by atoms with van der Waals surface area (Å²) in [6, 6.07) is 4.01. The van der Waals surface area contributed by atoms with Crippen molar-refractivity contribution in [2.45, 2.75) is 52.7 Å². The van der Waals surface area contributed by atoms with Crippen LogP contribution in [-0.2, 0) is 6.54 Å². The minimum Gasteiger partial charge on any atom is -0.490 e. The molecule has 1 aromatic heterocycles. The average Bonchev–Trinajstić information content (AvgIpc) is 2.26. The Kier molecular flexibility index (Phi) is 4.46. The topological polar surface area (TPSA) is 34.1 Å². The highest BCUT2D eigenvalue weighted by Crippen LogP contribution is 2.39. The second-order valence-corrected chi connectivity index (χ2v) is 6.67. The zero-order valence-corrected chi connectivity index (χ0v) is 12.6. The molecule has 0 radical (unpaired) electrons. The zero-order valence-electron chi connectivity index (χ0n) is 12.6. The van der Waals surface area contributed by atoms with E-state index in [1.165, 1.54) is 6.42 Å². The van der Waals surface area contributed by atoms with Gasteiger partial charge in [0.15, 0.2) is 0 Å². The van der Waals surface area contributed by atoms with E-state index in [9.17, 15) is 0 Å². The summed E-state index contributed by atoms with van der Waals surface area (Å²) in [4.78, 5) is 4.32. The number of nitrogens with zero attached hydrogens (tertiary/aromatic N) is 1. The SMILES string of the molecule is CNCc1cc(OC2CC(C)CC(C)(C)C2)ccn1. The Morgan fingerprint density at radius 3 is 2.89 bits per heavy atom. The van der Waals surface area contributed by atoms with E-state index in [-0.39, 0.29) is 0 Å². The quantitative estimate of drug-likeness (QED) is 0.903. The molecule has 2 atom stereocenters. The van der Waals surface area contributed by atoms with Gasteiger partial charge in [-0.3, -0.25) is 4.98 Å². The summed E-state index contributed by atoms with van der Waals surface area (Å²) in [6.07, 6.45) is 5.77. The van der Waals surface area contributed by atoms with Gasteiger partial charge in [-0.05, 0) is 43.7 Å². The predicted octanol–water partition coefficient (Wildman–Crippen LogP) is 3.39. The Balaban J connectivity index is 2.02. The molecule has 0 spiro atoms. The Morgan fingerprint density at radius 1 is 1.42 bits per heavy atom. The molecule has 3 nitrogen and oxygen atoms in total. The smallest absolute Gasteiger partial charge is 0.123 e. The van der Waals surface area contributed by atoms with E-state index in [0.717, 1.165) is 36.7 Å². The number of aromatic nitrogens is 1. The molecule has 0 bridgehead atoms. The van der Waals surface area contributed by atoms with Crippen molar-refractivity contribution in [3.05, 3.63) is 24.0 Å². The Bertz CT molecular complexity index is 417. The minimum atomic E-state index is 0.337. The molecule has 2 rings (SSSR count). The Labute approximate surface area is 116 Å². The van der Waals surface area contributed by atoms with Crippen LogP contribution in [0.3, 0.4) is 0 Å². The van der Waals surface area contributed by atoms with Crippen LogP contribution in [0, 0.1) is 11.3 Å². The van der Waals surface area contributed by atoms with Gasteiger partial charge < -0.3 is 10.1 Å². The van der Waals surface area contributed by atoms with Crippen molar-refractivity contribution in [3.8, 4) is 5.75 Å². The number of pyridine rings is 1. The lowest BCUT2D eigenvalue weighted by Gasteiger charge is -2.38. The molecule has 1 aliphatic carbocycles. The highest BCUT2D eigenvalue weighted by molar-refractivity contribution is 5.23. The summed E-state index contributed by atoms with van der Waals surface area (Å²) < 4.78 is 6.18. The predicted molar refractivity (Wildman–Crippen MR) is 78.2 cm³/mol. The molecule has 19 heavy (non-hydrogen) atoms. The van der Waals surface area contributed by atoms with Gasteiger partial charge in [0.2, 0.25) is 0 Å². The van der Waals surface area contributed by atoms with Crippen LogP contribution in [0.2, 0.25) is 0 Å². The molecule has 106 valence electrons. The fourth-order valence-corrected chi connectivity index (χ4v) is 3.35. The van der Waals surface area contributed by atoms with Gasteiger partial charge in [-0.2, -0.15) is 0 Å². The molecular formula is C16H26N2O. The van der Waals surface area contributed by atoms with Crippen molar-refractivity contribution < 1.29 is 4.74 Å². The van der Waals surface area contributed by atoms with Gasteiger partial charge in [0.05, 0.1) is 11.8 Å². The van der Waals surface area contributed by atoms with Crippen LogP contribution in [0.25, 0.3) is 0 Å². The molecule has 2 unspecified atom stereocenters. The Morgan fingerprint density at radius 2 is 2.21 bits per heavy atom. The van der Waals surface area contributed by atoms with Gasteiger partial charge in [0, 0.05) is 18.8 Å². The lowest BCUT2D eigenvalue weighted by atomic mass is 9.71. The maximum Gasteiger partial charge on any atom is 0.123 e. The van der Waals surface area contributed by atoms with Crippen LogP contribution >= 0.6 is 0 Å². The number of nitrogens with one attached hydrogen (secondary N) is 1. The third-order valence-corrected chi connectivity index (χ3v) is 3.80. The van der Waals surface area contributed by atoms with Gasteiger partial charge in [-0.15, -0.1) is 0 Å². The molecule has 1 heterocycles. The van der Waals surface area contributed by atoms with Crippen molar-refractivity contribution in [2.75, 3.05) is 7.05 Å². The standard InChI is InChI=1S/C16H26N2O/c1-12-7-15(10-16(2,3)9-12)19-14-5-6-18-13(8-14)11-17-4/h5-6,8,12,15,17H,7,9-11H2,1-4H3. The second kappa shape index (κ2) is 5.91. The molecule has 0 amide bonds. The third kappa shape index (κ3) is 4.20. The molecule has 3 heteroatoms. The van der Waals surface area contributed by atoms with Gasteiger partial charge in [-0.25, -0.2) is 0 Å². The molecular weight excluding hydrogens is 236 g/mol. The number of hydrogen-bond acceptors (Lipinski definition) is 3. The second-order valence-electron chi connectivity index (χ2n) is 6.67. The first kappa shape index (κ1) is 14.3. The molecule has 0 saturated heterocycles. The summed E-state index contributed by atoms with van der Waals surface area (Å²) in [7, 11) is 1.93. The molecule has 0 aliphatic heterocycles. The van der Waals surface area contributed by atoms with Crippen LogP contribution in [0.1, 0.15) is 45.7 Å². The van der Waals surface area contributed by atoms with E-state index < -0.39 is 0 Å². The molecule has 1 saturated carbocycles. The van der Waals surface area contributed by atoms with Crippen molar-refractivity contribution in [1.29, 1.82) is 0 Å². The first-order valence-corrected chi connectivity index (χ1v) is 7.25. The highest BCUT2D eigenvalue weighted by atomic mass is 16.5. The summed E-state index contributed by atoms with van der Waals surface area (Å²) >= 11 is 0. The summed E-state index contributed by atoms with van der Waals surface area (Å²) in [5.41, 5.74) is 1.42. The van der Waals surface area contributed by atoms with E-state index in [2.05, 4.69) is 31.1 Å². The average molecular weight is 262 g/mol. The van der Waals surface area contributed by atoms with Crippen molar-refractivity contribution >= 4 is 0 Å². The molecule has 1 N–H and O–H groups in total. The molecule has 1 aliphatic rings. The van der Waals surface area contributed by atoms with Crippen molar-refractivity contribution in [2.24, 2.45) is 11.3 Å². The van der Waals surface area contributed by atoms with E-state index in [0.29, 0.717) is 11.5 Å². The van der Waals surface area contributed by atoms with Crippen LogP contribution in [0.5, 0.6) is 5.75 Å². The van der Waals surface area contributed by atoms with Gasteiger partial charge in [0.1, 0.15) is 5.75 Å². The van der Waals surface area contributed by atoms with E-state index in [1.54, 1.807) is 0 Å². The van der Waals surface area contributed by atoms with Crippen molar-refractivity contribution in [1.82, 2.24) is 10.3 Å². The maximum absolute atomic E-state index is 6.18. The van der Waals surface area contributed by atoms with E-state index in [4.69, 9.17) is 4.74 Å².